The van der Waals surface area contributed by atoms with E-state index in [2.05, 4.69) is 0 Å². The fourth-order valence-corrected chi connectivity index (χ4v) is 3.08. The maximum Gasteiger partial charge on any atom is 0.279 e. The summed E-state index contributed by atoms with van der Waals surface area (Å²) in [4.78, 5) is 20.9. The first-order chi connectivity index (χ1) is 10.0. The second kappa shape index (κ2) is 6.60. The van der Waals surface area contributed by atoms with Gasteiger partial charge < -0.3 is 0 Å². The first-order valence-corrected chi connectivity index (χ1v) is 7.06. The van der Waals surface area contributed by atoms with Crippen LogP contribution in [0.1, 0.15) is 49.1 Å². The number of rotatable bonds is 5. The van der Waals surface area contributed by atoms with Crippen molar-refractivity contribution in [2.45, 2.75) is 44.4 Å². The number of nitro groups is 2. The summed E-state index contributed by atoms with van der Waals surface area (Å²) in [5.74, 6) is 0.0545. The average Bonchev–Trinajstić information content (AvgIpc) is 2.48. The molecular weight excluding hydrogens is 279 g/mol. The predicted octanol–water partition coefficient (Wildman–Crippen LogP) is 4.06. The molecule has 0 amide bonds. The summed E-state index contributed by atoms with van der Waals surface area (Å²) in [5.41, 5.74) is 0.292. The van der Waals surface area contributed by atoms with E-state index >= 15 is 0 Å². The summed E-state index contributed by atoms with van der Waals surface area (Å²) >= 11 is 0. The Labute approximate surface area is 121 Å². The van der Waals surface area contributed by atoms with Crippen LogP contribution in [0.5, 0.6) is 0 Å². The largest absolute Gasteiger partial charge is 0.279 e. The second-order valence-electron chi connectivity index (χ2n) is 5.32. The molecule has 0 atom stereocenters. The zero-order valence-corrected chi connectivity index (χ0v) is 11.6. The molecule has 1 aliphatic carbocycles. The van der Waals surface area contributed by atoms with Crippen LogP contribution in [-0.4, -0.2) is 16.5 Å². The smallest absolute Gasteiger partial charge is 0.258 e. The van der Waals surface area contributed by atoms with Gasteiger partial charge in [-0.1, -0.05) is 19.3 Å². The van der Waals surface area contributed by atoms with E-state index in [1.807, 2.05) is 0 Å². The van der Waals surface area contributed by atoms with Crippen molar-refractivity contribution in [3.8, 4) is 0 Å². The fourth-order valence-electron chi connectivity index (χ4n) is 3.08. The number of hydrogen-bond donors (Lipinski definition) is 0. The number of hydrogen-bond acceptors (Lipinski definition) is 4. The molecule has 0 aliphatic heterocycles. The number of halogens is 1. The van der Waals surface area contributed by atoms with Crippen LogP contribution in [0, 0.1) is 20.2 Å². The summed E-state index contributed by atoms with van der Waals surface area (Å²) in [6, 6.07) is 2.34. The lowest BCUT2D eigenvalue weighted by atomic mass is 9.81. The minimum Gasteiger partial charge on any atom is -0.258 e. The van der Waals surface area contributed by atoms with Gasteiger partial charge in [0.15, 0.2) is 0 Å². The van der Waals surface area contributed by atoms with Gasteiger partial charge >= 0.3 is 0 Å². The Morgan fingerprint density at radius 3 is 2.29 bits per heavy atom. The third-order valence-electron chi connectivity index (χ3n) is 4.04. The summed E-state index contributed by atoms with van der Waals surface area (Å²) in [6.45, 7) is -0.710. The van der Waals surface area contributed by atoms with Gasteiger partial charge in [0.2, 0.25) is 0 Å². The number of non-ortho nitro benzene ring substituents is 1. The molecule has 0 unspecified atom stereocenters. The Balaban J connectivity index is 2.56. The quantitative estimate of drug-likeness (QED) is 0.605. The van der Waals surface area contributed by atoms with Gasteiger partial charge in [0.25, 0.3) is 11.4 Å². The van der Waals surface area contributed by atoms with Gasteiger partial charge in [-0.3, -0.25) is 24.6 Å². The molecule has 0 radical (unpaired) electrons. The molecule has 0 aromatic heterocycles. The van der Waals surface area contributed by atoms with E-state index in [4.69, 9.17) is 0 Å². The Hall–Kier alpha value is -2.05. The van der Waals surface area contributed by atoms with Crippen LogP contribution in [0.4, 0.5) is 15.8 Å². The molecule has 1 aromatic carbocycles. The summed E-state index contributed by atoms with van der Waals surface area (Å²) in [5, 5.41) is 22.2. The highest BCUT2D eigenvalue weighted by Gasteiger charge is 2.28. The maximum absolute atomic E-state index is 12.8. The zero-order chi connectivity index (χ0) is 15.4. The number of nitro benzene ring substituents is 2. The predicted molar refractivity (Wildman–Crippen MR) is 75.3 cm³/mol. The highest BCUT2D eigenvalue weighted by Crippen LogP contribution is 2.39. The van der Waals surface area contributed by atoms with Crippen molar-refractivity contribution in [1.29, 1.82) is 0 Å². The van der Waals surface area contributed by atoms with E-state index in [0.29, 0.717) is 11.1 Å². The molecule has 21 heavy (non-hydrogen) atoms. The second-order valence-corrected chi connectivity index (χ2v) is 5.32. The lowest BCUT2D eigenvalue weighted by molar-refractivity contribution is -0.394. The van der Waals surface area contributed by atoms with Crippen LogP contribution in [0.2, 0.25) is 0 Å². The van der Waals surface area contributed by atoms with Gasteiger partial charge in [-0.15, -0.1) is 0 Å². The molecule has 114 valence electrons. The van der Waals surface area contributed by atoms with Crippen molar-refractivity contribution >= 4 is 11.4 Å². The summed E-state index contributed by atoms with van der Waals surface area (Å²) < 4.78 is 12.8. The molecule has 6 nitrogen and oxygen atoms in total. The lowest BCUT2D eigenvalue weighted by Gasteiger charge is -2.24. The van der Waals surface area contributed by atoms with Crippen molar-refractivity contribution in [1.82, 2.24) is 0 Å². The molecule has 0 saturated heterocycles. The van der Waals surface area contributed by atoms with Crippen LogP contribution in [0.3, 0.4) is 0 Å². The van der Waals surface area contributed by atoms with Crippen molar-refractivity contribution in [3.63, 3.8) is 0 Å². The highest BCUT2D eigenvalue weighted by atomic mass is 19.1. The summed E-state index contributed by atoms with van der Waals surface area (Å²) in [7, 11) is 0. The molecular formula is C14H17FN2O4. The fraction of sp³-hybridized carbons (Fsp3) is 0.571. The van der Waals surface area contributed by atoms with Crippen molar-refractivity contribution in [2.24, 2.45) is 0 Å². The van der Waals surface area contributed by atoms with Crippen LogP contribution >= 0.6 is 0 Å². The summed E-state index contributed by atoms with van der Waals surface area (Å²) in [6.07, 6.45) is 4.72. The van der Waals surface area contributed by atoms with Gasteiger partial charge in [0.1, 0.15) is 0 Å². The van der Waals surface area contributed by atoms with E-state index in [1.165, 1.54) is 6.07 Å². The van der Waals surface area contributed by atoms with E-state index < -0.39 is 16.5 Å². The van der Waals surface area contributed by atoms with Crippen LogP contribution in [0.25, 0.3) is 0 Å². The van der Waals surface area contributed by atoms with Crippen LogP contribution in [0.15, 0.2) is 12.1 Å². The van der Waals surface area contributed by atoms with Crippen molar-refractivity contribution in [3.05, 3.63) is 43.5 Å². The number of alkyl halides is 1. The molecule has 0 spiro atoms. The molecule has 0 heterocycles. The van der Waals surface area contributed by atoms with Gasteiger partial charge in [-0.25, -0.2) is 0 Å². The standard InChI is InChI=1S/C14H17FN2O4/c15-7-6-12-13(10-4-2-1-3-5-10)8-11(16(18)19)9-14(12)17(20)21/h8-10H,1-7H2. The number of benzene rings is 1. The third kappa shape index (κ3) is 3.34. The Kier molecular flexibility index (Phi) is 4.82. The molecule has 0 N–H and O–H groups in total. The topological polar surface area (TPSA) is 86.3 Å². The maximum atomic E-state index is 12.8. The van der Waals surface area contributed by atoms with Gasteiger partial charge in [-0.2, -0.15) is 0 Å². The Morgan fingerprint density at radius 2 is 1.76 bits per heavy atom. The Bertz CT molecular complexity index is 556. The molecule has 1 aromatic rings. The monoisotopic (exact) mass is 296 g/mol. The zero-order valence-electron chi connectivity index (χ0n) is 11.6. The third-order valence-corrected chi connectivity index (χ3v) is 4.04. The highest BCUT2D eigenvalue weighted by molar-refractivity contribution is 5.55. The molecule has 1 saturated carbocycles. The molecule has 1 aliphatic rings. The van der Waals surface area contributed by atoms with Gasteiger partial charge in [-0.05, 0) is 24.3 Å². The van der Waals surface area contributed by atoms with E-state index in [0.717, 1.165) is 38.2 Å². The Morgan fingerprint density at radius 1 is 1.10 bits per heavy atom. The first-order valence-electron chi connectivity index (χ1n) is 7.06. The number of nitrogens with zero attached hydrogens (tertiary/aromatic N) is 2. The molecule has 7 heteroatoms. The minimum atomic E-state index is -0.710. The SMILES string of the molecule is O=[N+]([O-])c1cc(C2CCCCC2)c(CCF)c([N+](=O)[O-])c1. The normalized spacial score (nSPS) is 15.9. The van der Waals surface area contributed by atoms with E-state index in [-0.39, 0.29) is 23.7 Å². The average molecular weight is 296 g/mol. The molecule has 2 rings (SSSR count). The van der Waals surface area contributed by atoms with Crippen LogP contribution in [-0.2, 0) is 6.42 Å². The molecule has 1 fully saturated rings. The molecule has 0 bridgehead atoms. The van der Waals surface area contributed by atoms with Crippen molar-refractivity contribution in [2.75, 3.05) is 6.67 Å². The van der Waals surface area contributed by atoms with Gasteiger partial charge in [0, 0.05) is 18.1 Å². The van der Waals surface area contributed by atoms with E-state index in [1.54, 1.807) is 0 Å². The first kappa shape index (κ1) is 15.3. The lowest BCUT2D eigenvalue weighted by Crippen LogP contribution is -2.11. The van der Waals surface area contributed by atoms with E-state index in [9.17, 15) is 24.6 Å². The van der Waals surface area contributed by atoms with Crippen LogP contribution < -0.4 is 0 Å². The van der Waals surface area contributed by atoms with Crippen molar-refractivity contribution < 1.29 is 14.2 Å². The minimum absolute atomic E-state index is 0.0545. The van der Waals surface area contributed by atoms with Gasteiger partial charge in [0.05, 0.1) is 22.6 Å².